The first-order valence-corrected chi connectivity index (χ1v) is 8.59. The maximum Gasteiger partial charge on any atom is 0.320 e. The van der Waals surface area contributed by atoms with E-state index in [4.69, 9.17) is 8.85 Å². The van der Waals surface area contributed by atoms with Crippen molar-refractivity contribution in [2.24, 2.45) is 5.92 Å². The number of rotatable bonds is 8. The summed E-state index contributed by atoms with van der Waals surface area (Å²) >= 11 is 0. The monoisotopic (exact) mass is 266 g/mol. The first kappa shape index (κ1) is 15.4. The van der Waals surface area contributed by atoms with Gasteiger partial charge in [0.25, 0.3) is 0 Å². The second-order valence-electron chi connectivity index (χ2n) is 4.91. The van der Waals surface area contributed by atoms with Gasteiger partial charge in [0.05, 0.1) is 0 Å². The number of benzene rings is 1. The molecule has 1 aromatic carbocycles. The van der Waals surface area contributed by atoms with Crippen LogP contribution in [0.2, 0.25) is 6.04 Å². The molecule has 0 aliphatic rings. The molecule has 1 atom stereocenters. The zero-order valence-electron chi connectivity index (χ0n) is 12.1. The Balaban J connectivity index is 2.46. The molecule has 0 saturated heterocycles. The van der Waals surface area contributed by atoms with Crippen LogP contribution in [0.5, 0.6) is 0 Å². The molecule has 102 valence electrons. The maximum atomic E-state index is 5.36. The molecule has 0 radical (unpaired) electrons. The van der Waals surface area contributed by atoms with Crippen LogP contribution in [0.4, 0.5) is 0 Å². The molecule has 0 amide bonds. The van der Waals surface area contributed by atoms with Crippen molar-refractivity contribution in [2.45, 2.75) is 39.2 Å². The molecule has 0 spiro atoms. The molecule has 0 heterocycles. The summed E-state index contributed by atoms with van der Waals surface area (Å²) in [7, 11) is 2.15. The van der Waals surface area contributed by atoms with Crippen LogP contribution in [0, 0.1) is 5.92 Å². The zero-order valence-corrected chi connectivity index (χ0v) is 13.3. The van der Waals surface area contributed by atoms with Crippen molar-refractivity contribution >= 4 is 9.28 Å². The van der Waals surface area contributed by atoms with Crippen molar-refractivity contribution < 1.29 is 8.85 Å². The highest BCUT2D eigenvalue weighted by molar-refractivity contribution is 6.44. The molecule has 0 aromatic heterocycles. The fourth-order valence-electron chi connectivity index (χ4n) is 2.33. The Morgan fingerprint density at radius 1 is 1.11 bits per heavy atom. The third-order valence-electron chi connectivity index (χ3n) is 3.49. The van der Waals surface area contributed by atoms with E-state index in [1.165, 1.54) is 24.0 Å². The summed E-state index contributed by atoms with van der Waals surface area (Å²) in [4.78, 5) is 0. The van der Waals surface area contributed by atoms with Crippen molar-refractivity contribution in [2.75, 3.05) is 14.2 Å². The van der Waals surface area contributed by atoms with E-state index in [9.17, 15) is 0 Å². The Morgan fingerprint density at radius 3 is 2.28 bits per heavy atom. The van der Waals surface area contributed by atoms with Crippen molar-refractivity contribution in [1.82, 2.24) is 0 Å². The van der Waals surface area contributed by atoms with Crippen molar-refractivity contribution in [1.29, 1.82) is 0 Å². The highest BCUT2D eigenvalue weighted by Gasteiger charge is 2.13. The summed E-state index contributed by atoms with van der Waals surface area (Å²) in [5, 5.41) is 0. The van der Waals surface area contributed by atoms with Gasteiger partial charge in [-0.3, -0.25) is 0 Å². The van der Waals surface area contributed by atoms with E-state index in [1.54, 1.807) is 14.2 Å². The summed E-state index contributed by atoms with van der Waals surface area (Å²) in [5.41, 5.74) is 2.98. The van der Waals surface area contributed by atoms with Gasteiger partial charge in [-0.25, -0.2) is 0 Å². The zero-order chi connectivity index (χ0) is 13.4. The molecule has 0 fully saturated rings. The molecule has 3 heteroatoms. The lowest BCUT2D eigenvalue weighted by Crippen LogP contribution is -2.19. The van der Waals surface area contributed by atoms with Crippen LogP contribution in [-0.4, -0.2) is 23.5 Å². The summed E-state index contributed by atoms with van der Waals surface area (Å²) in [5.74, 6) is 0.693. The third-order valence-corrected chi connectivity index (χ3v) is 5.34. The Morgan fingerprint density at radius 2 is 1.72 bits per heavy atom. The molecular formula is C15H26O2Si. The molecule has 1 aromatic rings. The standard InChI is InChI=1S/C15H26O2Si/c1-5-14-8-6-7-9-15(14)12-13(2)10-11-18(16-3)17-4/h6-9,13,18H,5,10-12H2,1-4H3. The molecule has 1 unspecified atom stereocenters. The number of hydrogen-bond donors (Lipinski definition) is 0. The van der Waals surface area contributed by atoms with E-state index < -0.39 is 9.28 Å². The summed E-state index contributed by atoms with van der Waals surface area (Å²) in [6, 6.07) is 9.87. The van der Waals surface area contributed by atoms with E-state index in [0.717, 1.165) is 12.5 Å². The summed E-state index contributed by atoms with van der Waals surface area (Å²) in [6.07, 6.45) is 3.48. The maximum absolute atomic E-state index is 5.36. The molecule has 0 N–H and O–H groups in total. The van der Waals surface area contributed by atoms with Gasteiger partial charge in [-0.2, -0.15) is 0 Å². The third kappa shape index (κ3) is 4.92. The van der Waals surface area contributed by atoms with E-state index in [0.29, 0.717) is 5.92 Å². The Hall–Kier alpha value is -0.643. The van der Waals surface area contributed by atoms with Gasteiger partial charge in [0.15, 0.2) is 0 Å². The van der Waals surface area contributed by atoms with Gasteiger partial charge in [-0.15, -0.1) is 0 Å². The minimum absolute atomic E-state index is 0.693. The van der Waals surface area contributed by atoms with Crippen LogP contribution < -0.4 is 0 Å². The van der Waals surface area contributed by atoms with E-state index in [1.807, 2.05) is 0 Å². The molecule has 0 aliphatic carbocycles. The number of hydrogen-bond acceptors (Lipinski definition) is 2. The van der Waals surface area contributed by atoms with Gasteiger partial charge in [-0.1, -0.05) is 38.1 Å². The lowest BCUT2D eigenvalue weighted by atomic mass is 9.94. The van der Waals surface area contributed by atoms with Crippen LogP contribution in [0.15, 0.2) is 24.3 Å². The lowest BCUT2D eigenvalue weighted by Gasteiger charge is -2.16. The van der Waals surface area contributed by atoms with Crippen molar-refractivity contribution in [3.05, 3.63) is 35.4 Å². The Bertz CT molecular complexity index is 337. The molecular weight excluding hydrogens is 240 g/mol. The van der Waals surface area contributed by atoms with Gasteiger partial charge in [0, 0.05) is 14.2 Å². The highest BCUT2D eigenvalue weighted by Crippen LogP contribution is 2.18. The highest BCUT2D eigenvalue weighted by atomic mass is 28.3. The minimum atomic E-state index is -1.38. The summed E-state index contributed by atoms with van der Waals surface area (Å²) < 4.78 is 10.7. The fraction of sp³-hybridized carbons (Fsp3) is 0.600. The van der Waals surface area contributed by atoms with Gasteiger partial charge >= 0.3 is 9.28 Å². The quantitative estimate of drug-likeness (QED) is 0.672. The lowest BCUT2D eigenvalue weighted by molar-refractivity contribution is 0.274. The van der Waals surface area contributed by atoms with Gasteiger partial charge in [0.2, 0.25) is 0 Å². The second-order valence-corrected chi connectivity index (χ2v) is 7.29. The molecule has 0 bridgehead atoms. The minimum Gasteiger partial charge on any atom is -0.400 e. The Kier molecular flexibility index (Phi) is 7.24. The average molecular weight is 266 g/mol. The van der Waals surface area contributed by atoms with Crippen molar-refractivity contribution in [3.8, 4) is 0 Å². The van der Waals surface area contributed by atoms with E-state index >= 15 is 0 Å². The van der Waals surface area contributed by atoms with Crippen LogP contribution in [-0.2, 0) is 21.7 Å². The SMILES string of the molecule is CCc1ccccc1CC(C)CC[SiH](OC)OC. The topological polar surface area (TPSA) is 18.5 Å². The molecule has 0 saturated carbocycles. The van der Waals surface area contributed by atoms with E-state index in [-0.39, 0.29) is 0 Å². The normalized spacial score (nSPS) is 12.9. The second kappa shape index (κ2) is 8.46. The summed E-state index contributed by atoms with van der Waals surface area (Å²) in [6.45, 7) is 4.55. The van der Waals surface area contributed by atoms with Gasteiger partial charge in [0.1, 0.15) is 0 Å². The smallest absolute Gasteiger partial charge is 0.320 e. The molecule has 2 nitrogen and oxygen atoms in total. The Labute approximate surface area is 113 Å². The van der Waals surface area contributed by atoms with Gasteiger partial charge < -0.3 is 8.85 Å². The van der Waals surface area contributed by atoms with Gasteiger partial charge in [-0.05, 0) is 42.4 Å². The average Bonchev–Trinajstić information content (AvgIpc) is 2.40. The van der Waals surface area contributed by atoms with E-state index in [2.05, 4.69) is 38.1 Å². The van der Waals surface area contributed by atoms with Crippen LogP contribution in [0.25, 0.3) is 0 Å². The first-order chi connectivity index (χ1) is 8.71. The predicted octanol–water partition coefficient (Wildman–Crippen LogP) is 3.33. The fourth-order valence-corrected chi connectivity index (χ4v) is 3.84. The first-order valence-electron chi connectivity index (χ1n) is 6.83. The van der Waals surface area contributed by atoms with Crippen LogP contribution in [0.1, 0.15) is 31.4 Å². The van der Waals surface area contributed by atoms with Crippen molar-refractivity contribution in [3.63, 3.8) is 0 Å². The van der Waals surface area contributed by atoms with Crippen LogP contribution >= 0.6 is 0 Å². The largest absolute Gasteiger partial charge is 0.400 e. The molecule has 0 aliphatic heterocycles. The van der Waals surface area contributed by atoms with Crippen LogP contribution in [0.3, 0.4) is 0 Å². The molecule has 18 heavy (non-hydrogen) atoms. The predicted molar refractivity (Wildman–Crippen MR) is 79.3 cm³/mol. The number of aryl methyl sites for hydroxylation is 1. The molecule has 1 rings (SSSR count).